The number of hydrogen-bond acceptors (Lipinski definition) is 5. The molecule has 2 amide bonds. The number of aromatic nitrogens is 1. The molecule has 0 aliphatic heterocycles. The minimum Gasteiger partial charge on any atom is -0.495 e. The number of hydrogen-bond donors (Lipinski definition) is 1. The highest BCUT2D eigenvalue weighted by Crippen LogP contribution is 2.32. The van der Waals surface area contributed by atoms with Crippen molar-refractivity contribution >= 4 is 28.2 Å². The molecular weight excluding hydrogens is 376 g/mol. The van der Waals surface area contributed by atoms with Gasteiger partial charge in [0.1, 0.15) is 23.1 Å². The van der Waals surface area contributed by atoms with E-state index in [-0.39, 0.29) is 10.8 Å². The zero-order valence-corrected chi connectivity index (χ0v) is 15.2. The molecule has 0 radical (unpaired) electrons. The van der Waals surface area contributed by atoms with Crippen molar-refractivity contribution < 1.29 is 23.0 Å². The van der Waals surface area contributed by atoms with Gasteiger partial charge in [0.15, 0.2) is 5.13 Å². The molecule has 3 rings (SSSR count). The molecule has 0 spiro atoms. The molecule has 0 saturated heterocycles. The predicted molar refractivity (Wildman–Crippen MR) is 99.0 cm³/mol. The summed E-state index contributed by atoms with van der Waals surface area (Å²) in [6.07, 6.45) is 1.41. The van der Waals surface area contributed by atoms with Crippen molar-refractivity contribution in [1.29, 1.82) is 0 Å². The van der Waals surface area contributed by atoms with Gasteiger partial charge in [-0.3, -0.25) is 10.2 Å². The number of nitrogens with zero attached hydrogens (tertiary/aromatic N) is 2. The van der Waals surface area contributed by atoms with Crippen LogP contribution in [0.1, 0.15) is 0 Å². The van der Waals surface area contributed by atoms with Crippen LogP contribution in [0, 0.1) is 11.6 Å². The smallest absolute Gasteiger partial charge is 0.327 e. The first kappa shape index (κ1) is 18.6. The van der Waals surface area contributed by atoms with Crippen molar-refractivity contribution in [2.24, 2.45) is 0 Å². The van der Waals surface area contributed by atoms with Crippen molar-refractivity contribution in [3.63, 3.8) is 0 Å². The standard InChI is InChI=1S/C18H15F2N3O3S/c1-23(14-9-12(20)6-7-15(14)25-2)18(24)22-17-21-10-16(27-17)26-13-5-3-4-11(19)8-13/h3-10H,1-2H3,(H,21,22,24). The molecule has 0 unspecified atom stereocenters. The lowest BCUT2D eigenvalue weighted by Crippen LogP contribution is -2.31. The summed E-state index contributed by atoms with van der Waals surface area (Å²) in [5.74, 6) is -0.247. The Kier molecular flexibility index (Phi) is 5.51. The number of methoxy groups -OCH3 is 1. The first-order valence-corrected chi connectivity index (χ1v) is 8.55. The van der Waals surface area contributed by atoms with Gasteiger partial charge in [-0.2, -0.15) is 0 Å². The number of thiazole rings is 1. The van der Waals surface area contributed by atoms with Gasteiger partial charge < -0.3 is 9.47 Å². The summed E-state index contributed by atoms with van der Waals surface area (Å²) in [6.45, 7) is 0. The summed E-state index contributed by atoms with van der Waals surface area (Å²) in [7, 11) is 2.91. The molecule has 9 heteroatoms. The zero-order chi connectivity index (χ0) is 19.4. The monoisotopic (exact) mass is 391 g/mol. The highest BCUT2D eigenvalue weighted by molar-refractivity contribution is 7.17. The number of benzene rings is 2. The Morgan fingerprint density at radius 2 is 1.96 bits per heavy atom. The van der Waals surface area contributed by atoms with E-state index < -0.39 is 17.7 Å². The van der Waals surface area contributed by atoms with Crippen LogP contribution in [0.25, 0.3) is 0 Å². The molecule has 0 aliphatic carbocycles. The molecule has 2 aromatic carbocycles. The van der Waals surface area contributed by atoms with Gasteiger partial charge in [-0.15, -0.1) is 0 Å². The van der Waals surface area contributed by atoms with E-state index in [9.17, 15) is 13.6 Å². The average molecular weight is 391 g/mol. The SMILES string of the molecule is COc1ccc(F)cc1N(C)C(=O)Nc1ncc(Oc2cccc(F)c2)s1. The van der Waals surface area contributed by atoms with Crippen LogP contribution in [-0.4, -0.2) is 25.2 Å². The fourth-order valence-corrected chi connectivity index (χ4v) is 2.90. The van der Waals surface area contributed by atoms with Crippen LogP contribution in [0.4, 0.5) is 24.4 Å². The van der Waals surface area contributed by atoms with Crippen LogP contribution in [0.3, 0.4) is 0 Å². The molecule has 0 atom stereocenters. The van der Waals surface area contributed by atoms with Crippen molar-refractivity contribution in [1.82, 2.24) is 4.98 Å². The average Bonchev–Trinajstić information content (AvgIpc) is 3.07. The molecule has 0 fully saturated rings. The van der Waals surface area contributed by atoms with E-state index >= 15 is 0 Å². The molecule has 1 heterocycles. The Labute approximate surface area is 158 Å². The number of rotatable bonds is 5. The van der Waals surface area contributed by atoms with Gasteiger partial charge in [0.2, 0.25) is 5.06 Å². The summed E-state index contributed by atoms with van der Waals surface area (Å²) < 4.78 is 37.4. The minimum absolute atomic E-state index is 0.266. The van der Waals surface area contributed by atoms with Gasteiger partial charge >= 0.3 is 6.03 Å². The van der Waals surface area contributed by atoms with Crippen molar-refractivity contribution in [2.45, 2.75) is 0 Å². The Balaban J connectivity index is 1.69. The van der Waals surface area contributed by atoms with Crippen molar-refractivity contribution in [3.05, 3.63) is 60.3 Å². The number of anilines is 2. The van der Waals surface area contributed by atoms with E-state index in [0.717, 1.165) is 11.3 Å². The van der Waals surface area contributed by atoms with Crippen LogP contribution in [-0.2, 0) is 0 Å². The van der Waals surface area contributed by atoms with Gasteiger partial charge in [0, 0.05) is 19.2 Å². The maximum atomic E-state index is 13.5. The number of halogens is 2. The van der Waals surface area contributed by atoms with Crippen LogP contribution in [0.15, 0.2) is 48.7 Å². The molecule has 3 aromatic rings. The second-order valence-corrected chi connectivity index (χ2v) is 6.34. The summed E-state index contributed by atoms with van der Waals surface area (Å²) in [5.41, 5.74) is 0.266. The Hall–Kier alpha value is -3.20. The zero-order valence-electron chi connectivity index (χ0n) is 14.4. The predicted octanol–water partition coefficient (Wildman–Crippen LogP) is 4.89. The van der Waals surface area contributed by atoms with Gasteiger partial charge in [-0.1, -0.05) is 17.4 Å². The quantitative estimate of drug-likeness (QED) is 0.673. The summed E-state index contributed by atoms with van der Waals surface area (Å²) >= 11 is 1.07. The molecule has 0 aliphatic rings. The molecule has 140 valence electrons. The lowest BCUT2D eigenvalue weighted by Gasteiger charge is -2.19. The van der Waals surface area contributed by atoms with Gasteiger partial charge in [-0.25, -0.2) is 18.6 Å². The molecule has 1 aromatic heterocycles. The van der Waals surface area contributed by atoms with Gasteiger partial charge in [0.05, 0.1) is 19.0 Å². The Morgan fingerprint density at radius 1 is 1.19 bits per heavy atom. The third-order valence-corrected chi connectivity index (χ3v) is 4.31. The minimum atomic E-state index is -0.537. The highest BCUT2D eigenvalue weighted by Gasteiger charge is 2.18. The normalized spacial score (nSPS) is 10.4. The second-order valence-electron chi connectivity index (χ2n) is 5.35. The second kappa shape index (κ2) is 8.00. The van der Waals surface area contributed by atoms with Crippen LogP contribution < -0.4 is 19.7 Å². The largest absolute Gasteiger partial charge is 0.495 e. The highest BCUT2D eigenvalue weighted by atomic mass is 32.1. The number of carbonyl (C=O) groups is 1. The maximum absolute atomic E-state index is 13.5. The van der Waals surface area contributed by atoms with Crippen LogP contribution in [0.5, 0.6) is 16.6 Å². The fraction of sp³-hybridized carbons (Fsp3) is 0.111. The molecule has 6 nitrogen and oxygen atoms in total. The van der Waals surface area contributed by atoms with Crippen LogP contribution in [0.2, 0.25) is 0 Å². The molecule has 27 heavy (non-hydrogen) atoms. The number of amides is 2. The number of urea groups is 1. The topological polar surface area (TPSA) is 63.7 Å². The van der Waals surface area contributed by atoms with E-state index in [1.54, 1.807) is 6.07 Å². The molecule has 1 N–H and O–H groups in total. The lowest BCUT2D eigenvalue weighted by atomic mass is 10.2. The number of ether oxygens (including phenoxy) is 2. The third kappa shape index (κ3) is 4.50. The van der Waals surface area contributed by atoms with Crippen LogP contribution >= 0.6 is 11.3 Å². The van der Waals surface area contributed by atoms with E-state index in [2.05, 4.69) is 10.3 Å². The lowest BCUT2D eigenvalue weighted by molar-refractivity contribution is 0.257. The van der Waals surface area contributed by atoms with Crippen molar-refractivity contribution in [2.75, 3.05) is 24.4 Å². The van der Waals surface area contributed by atoms with E-state index in [0.29, 0.717) is 16.6 Å². The van der Waals surface area contributed by atoms with E-state index in [4.69, 9.17) is 9.47 Å². The Bertz CT molecular complexity index is 965. The summed E-state index contributed by atoms with van der Waals surface area (Å²) in [4.78, 5) is 17.7. The van der Waals surface area contributed by atoms with E-state index in [1.807, 2.05) is 0 Å². The van der Waals surface area contributed by atoms with Crippen molar-refractivity contribution in [3.8, 4) is 16.6 Å². The molecule has 0 saturated carbocycles. The molecular formula is C18H15F2N3O3S. The third-order valence-electron chi connectivity index (χ3n) is 3.52. The van der Waals surface area contributed by atoms with E-state index in [1.165, 1.54) is 61.7 Å². The van der Waals surface area contributed by atoms with Gasteiger partial charge in [-0.05, 0) is 24.3 Å². The summed E-state index contributed by atoms with van der Waals surface area (Å²) in [5, 5.41) is 3.24. The number of carbonyl (C=O) groups excluding carboxylic acids is 1. The molecule has 0 bridgehead atoms. The number of nitrogens with one attached hydrogen (secondary N) is 1. The maximum Gasteiger partial charge on any atom is 0.327 e. The fourth-order valence-electron chi connectivity index (χ4n) is 2.22. The first-order valence-electron chi connectivity index (χ1n) is 7.74. The van der Waals surface area contributed by atoms with Gasteiger partial charge in [0.25, 0.3) is 0 Å². The first-order chi connectivity index (χ1) is 13.0. The summed E-state index contributed by atoms with van der Waals surface area (Å²) in [6, 6.07) is 9.00. The Morgan fingerprint density at radius 3 is 2.70 bits per heavy atom.